The molecule has 2 amide bonds. The average Bonchev–Trinajstić information content (AvgIpc) is 3.04. The molecule has 1 heterocycles. The SMILES string of the molecule is Cc1ccc(CN(C)C(=O)Cc2ccc(N3CCCC3=O)cc2)c(C)c1. The number of benzene rings is 2. The van der Waals surface area contributed by atoms with E-state index < -0.39 is 0 Å². The average molecular weight is 350 g/mol. The summed E-state index contributed by atoms with van der Waals surface area (Å²) < 4.78 is 0. The molecule has 2 aromatic rings. The van der Waals surface area contributed by atoms with Crippen molar-refractivity contribution in [2.45, 2.75) is 39.7 Å². The van der Waals surface area contributed by atoms with Gasteiger partial charge in [-0.05, 0) is 49.1 Å². The number of likely N-dealkylation sites (N-methyl/N-ethyl adjacent to an activating group) is 1. The molecule has 0 bridgehead atoms. The Balaban J connectivity index is 1.61. The largest absolute Gasteiger partial charge is 0.341 e. The van der Waals surface area contributed by atoms with E-state index in [4.69, 9.17) is 0 Å². The van der Waals surface area contributed by atoms with Crippen molar-refractivity contribution in [3.05, 3.63) is 64.7 Å². The second kappa shape index (κ2) is 7.73. The van der Waals surface area contributed by atoms with Crippen LogP contribution in [0.5, 0.6) is 0 Å². The van der Waals surface area contributed by atoms with E-state index >= 15 is 0 Å². The van der Waals surface area contributed by atoms with Crippen LogP contribution in [0, 0.1) is 13.8 Å². The molecule has 0 aromatic heterocycles. The third-order valence-electron chi connectivity index (χ3n) is 5.01. The highest BCUT2D eigenvalue weighted by molar-refractivity contribution is 5.95. The molecule has 1 aliphatic heterocycles. The first kappa shape index (κ1) is 18.2. The van der Waals surface area contributed by atoms with Gasteiger partial charge in [0.1, 0.15) is 0 Å². The van der Waals surface area contributed by atoms with Crippen LogP contribution in [0.1, 0.15) is 35.1 Å². The fourth-order valence-electron chi connectivity index (χ4n) is 3.39. The van der Waals surface area contributed by atoms with Gasteiger partial charge in [0.25, 0.3) is 0 Å². The van der Waals surface area contributed by atoms with Gasteiger partial charge in [0.05, 0.1) is 6.42 Å². The summed E-state index contributed by atoms with van der Waals surface area (Å²) in [4.78, 5) is 28.0. The zero-order chi connectivity index (χ0) is 18.7. The number of anilines is 1. The molecular weight excluding hydrogens is 324 g/mol. The van der Waals surface area contributed by atoms with Crippen LogP contribution < -0.4 is 4.90 Å². The molecule has 1 saturated heterocycles. The number of nitrogens with zero attached hydrogens (tertiary/aromatic N) is 2. The van der Waals surface area contributed by atoms with Crippen molar-refractivity contribution in [1.82, 2.24) is 4.90 Å². The van der Waals surface area contributed by atoms with E-state index in [1.807, 2.05) is 36.2 Å². The van der Waals surface area contributed by atoms with E-state index in [0.29, 0.717) is 19.4 Å². The molecule has 3 rings (SSSR count). The van der Waals surface area contributed by atoms with E-state index in [9.17, 15) is 9.59 Å². The second-order valence-corrected chi connectivity index (χ2v) is 7.17. The first-order valence-corrected chi connectivity index (χ1v) is 9.13. The normalized spacial score (nSPS) is 14.0. The summed E-state index contributed by atoms with van der Waals surface area (Å²) in [5.41, 5.74) is 5.51. The molecule has 0 spiro atoms. The quantitative estimate of drug-likeness (QED) is 0.826. The molecule has 4 nitrogen and oxygen atoms in total. The minimum absolute atomic E-state index is 0.0926. The maximum Gasteiger partial charge on any atom is 0.227 e. The number of rotatable bonds is 5. The molecular formula is C22H26N2O2. The van der Waals surface area contributed by atoms with Crippen LogP contribution in [0.3, 0.4) is 0 Å². The number of amides is 2. The monoisotopic (exact) mass is 350 g/mol. The van der Waals surface area contributed by atoms with Crippen molar-refractivity contribution in [3.63, 3.8) is 0 Å². The van der Waals surface area contributed by atoms with Crippen molar-refractivity contribution in [3.8, 4) is 0 Å². The lowest BCUT2D eigenvalue weighted by Gasteiger charge is -2.19. The molecule has 0 N–H and O–H groups in total. The lowest BCUT2D eigenvalue weighted by molar-refractivity contribution is -0.129. The molecule has 4 heteroatoms. The standard InChI is InChI=1S/C22H26N2O2/c1-16-6-9-19(17(2)13-16)15-23(3)22(26)14-18-7-10-20(11-8-18)24-12-4-5-21(24)25/h6-11,13H,4-5,12,14-15H2,1-3H3. The smallest absolute Gasteiger partial charge is 0.227 e. The Bertz CT molecular complexity index is 811. The lowest BCUT2D eigenvalue weighted by atomic mass is 10.0. The van der Waals surface area contributed by atoms with E-state index in [2.05, 4.69) is 32.0 Å². The van der Waals surface area contributed by atoms with Gasteiger partial charge in [0.2, 0.25) is 11.8 Å². The maximum atomic E-state index is 12.5. The van der Waals surface area contributed by atoms with Crippen LogP contribution in [0.25, 0.3) is 0 Å². The number of carbonyl (C=O) groups is 2. The molecule has 1 fully saturated rings. The Morgan fingerprint density at radius 1 is 1.12 bits per heavy atom. The summed E-state index contributed by atoms with van der Waals surface area (Å²) in [6.45, 7) is 5.56. The van der Waals surface area contributed by atoms with Crippen molar-refractivity contribution in [1.29, 1.82) is 0 Å². The van der Waals surface area contributed by atoms with Gasteiger partial charge in [-0.15, -0.1) is 0 Å². The molecule has 26 heavy (non-hydrogen) atoms. The Labute approximate surface area is 155 Å². The van der Waals surface area contributed by atoms with Crippen LogP contribution >= 0.6 is 0 Å². The van der Waals surface area contributed by atoms with Gasteiger partial charge in [-0.2, -0.15) is 0 Å². The molecule has 136 valence electrons. The Morgan fingerprint density at radius 2 is 1.85 bits per heavy atom. The van der Waals surface area contributed by atoms with E-state index in [0.717, 1.165) is 24.2 Å². The highest BCUT2D eigenvalue weighted by atomic mass is 16.2. The summed E-state index contributed by atoms with van der Waals surface area (Å²) in [6, 6.07) is 14.1. The van der Waals surface area contributed by atoms with Crippen molar-refractivity contribution < 1.29 is 9.59 Å². The maximum absolute atomic E-state index is 12.5. The molecule has 2 aromatic carbocycles. The van der Waals surface area contributed by atoms with Crippen molar-refractivity contribution in [2.75, 3.05) is 18.5 Å². The van der Waals surface area contributed by atoms with E-state index in [1.54, 1.807) is 4.90 Å². The predicted octanol–water partition coefficient (Wildman–Crippen LogP) is 3.63. The van der Waals surface area contributed by atoms with Gasteiger partial charge in [-0.25, -0.2) is 0 Å². The van der Waals surface area contributed by atoms with Crippen LogP contribution in [-0.4, -0.2) is 30.3 Å². The third-order valence-corrected chi connectivity index (χ3v) is 5.01. The Hall–Kier alpha value is -2.62. The molecule has 0 atom stereocenters. The van der Waals surface area contributed by atoms with Gasteiger partial charge in [-0.3, -0.25) is 9.59 Å². The highest BCUT2D eigenvalue weighted by Gasteiger charge is 2.21. The third kappa shape index (κ3) is 4.13. The van der Waals surface area contributed by atoms with Gasteiger partial charge in [0.15, 0.2) is 0 Å². The second-order valence-electron chi connectivity index (χ2n) is 7.17. The summed E-state index contributed by atoms with van der Waals surface area (Å²) in [6.07, 6.45) is 1.92. The summed E-state index contributed by atoms with van der Waals surface area (Å²) in [5, 5.41) is 0. The predicted molar refractivity (Wildman–Crippen MR) is 104 cm³/mol. The summed E-state index contributed by atoms with van der Waals surface area (Å²) >= 11 is 0. The van der Waals surface area contributed by atoms with E-state index in [-0.39, 0.29) is 11.8 Å². The Kier molecular flexibility index (Phi) is 5.40. The number of hydrogen-bond acceptors (Lipinski definition) is 2. The first-order valence-electron chi connectivity index (χ1n) is 9.13. The summed E-state index contributed by atoms with van der Waals surface area (Å²) in [7, 11) is 1.85. The minimum atomic E-state index is 0.0926. The van der Waals surface area contributed by atoms with Gasteiger partial charge >= 0.3 is 0 Å². The molecule has 0 saturated carbocycles. The fourth-order valence-corrected chi connectivity index (χ4v) is 3.39. The van der Waals surface area contributed by atoms with Crippen LogP contribution in [0.4, 0.5) is 5.69 Å². The highest BCUT2D eigenvalue weighted by Crippen LogP contribution is 2.22. The number of aryl methyl sites for hydroxylation is 2. The van der Waals surface area contributed by atoms with Gasteiger partial charge in [0, 0.05) is 32.2 Å². The van der Waals surface area contributed by atoms with Gasteiger partial charge in [-0.1, -0.05) is 35.9 Å². The Morgan fingerprint density at radius 3 is 2.46 bits per heavy atom. The van der Waals surface area contributed by atoms with Crippen LogP contribution in [0.2, 0.25) is 0 Å². The van der Waals surface area contributed by atoms with Crippen molar-refractivity contribution >= 4 is 17.5 Å². The molecule has 1 aliphatic rings. The van der Waals surface area contributed by atoms with Gasteiger partial charge < -0.3 is 9.80 Å². The zero-order valence-corrected chi connectivity index (χ0v) is 15.8. The number of carbonyl (C=O) groups excluding carboxylic acids is 2. The van der Waals surface area contributed by atoms with E-state index in [1.165, 1.54) is 16.7 Å². The topological polar surface area (TPSA) is 40.6 Å². The molecule has 0 aliphatic carbocycles. The fraction of sp³-hybridized carbons (Fsp3) is 0.364. The van der Waals surface area contributed by atoms with Crippen LogP contribution in [-0.2, 0) is 22.6 Å². The van der Waals surface area contributed by atoms with Crippen LogP contribution in [0.15, 0.2) is 42.5 Å². The molecule has 0 radical (unpaired) electrons. The van der Waals surface area contributed by atoms with Crippen molar-refractivity contribution in [2.24, 2.45) is 0 Å². The summed E-state index contributed by atoms with van der Waals surface area (Å²) in [5.74, 6) is 0.275. The molecule has 0 unspecified atom stereocenters. The lowest BCUT2D eigenvalue weighted by Crippen LogP contribution is -2.28. The zero-order valence-electron chi connectivity index (χ0n) is 15.8. The number of hydrogen-bond donors (Lipinski definition) is 0. The first-order chi connectivity index (χ1) is 12.4. The minimum Gasteiger partial charge on any atom is -0.341 e.